The molecule has 0 aliphatic heterocycles. The SMILES string of the molecule is Cn1c(=O)c2ncn(C(=S)Nc3ccccc3)c2n(C)c1=O. The Morgan fingerprint density at radius 1 is 1.14 bits per heavy atom. The molecule has 0 aliphatic carbocycles. The van der Waals surface area contributed by atoms with E-state index in [1.807, 2.05) is 30.3 Å². The number of anilines is 1. The van der Waals surface area contributed by atoms with Crippen molar-refractivity contribution in [3.8, 4) is 0 Å². The van der Waals surface area contributed by atoms with Crippen LogP contribution in [0.15, 0.2) is 46.2 Å². The molecule has 112 valence electrons. The third kappa shape index (κ3) is 2.13. The second kappa shape index (κ2) is 5.23. The number of benzene rings is 1. The van der Waals surface area contributed by atoms with E-state index in [4.69, 9.17) is 12.2 Å². The number of para-hydroxylation sites is 1. The molecule has 0 saturated heterocycles. The number of aromatic nitrogens is 4. The minimum absolute atomic E-state index is 0.196. The summed E-state index contributed by atoms with van der Waals surface area (Å²) >= 11 is 5.35. The molecule has 0 amide bonds. The summed E-state index contributed by atoms with van der Waals surface area (Å²) in [6, 6.07) is 9.38. The lowest BCUT2D eigenvalue weighted by molar-refractivity contribution is 0.706. The largest absolute Gasteiger partial charge is 0.332 e. The average Bonchev–Trinajstić information content (AvgIpc) is 2.97. The molecular weight excluding hydrogens is 302 g/mol. The highest BCUT2D eigenvalue weighted by atomic mass is 32.1. The summed E-state index contributed by atoms with van der Waals surface area (Å²) in [5.74, 6) is 0. The summed E-state index contributed by atoms with van der Waals surface area (Å²) < 4.78 is 3.89. The Balaban J connectivity index is 2.15. The Hall–Kier alpha value is -2.74. The van der Waals surface area contributed by atoms with E-state index in [9.17, 15) is 9.59 Å². The van der Waals surface area contributed by atoms with E-state index in [1.165, 1.54) is 22.5 Å². The number of fused-ring (bicyclic) bond motifs is 1. The molecule has 1 N–H and O–H groups in total. The number of aryl methyl sites for hydroxylation is 1. The van der Waals surface area contributed by atoms with Crippen LogP contribution < -0.4 is 16.6 Å². The summed E-state index contributed by atoms with van der Waals surface area (Å²) in [5.41, 5.74) is 0.493. The molecule has 1 aromatic carbocycles. The lowest BCUT2D eigenvalue weighted by Gasteiger charge is -2.11. The number of nitrogens with zero attached hydrogens (tertiary/aromatic N) is 4. The van der Waals surface area contributed by atoms with Gasteiger partial charge in [-0.05, 0) is 24.4 Å². The Kier molecular flexibility index (Phi) is 3.38. The maximum atomic E-state index is 12.1. The summed E-state index contributed by atoms with van der Waals surface area (Å²) in [5, 5.41) is 3.38. The predicted molar refractivity (Wildman–Crippen MR) is 88.3 cm³/mol. The first-order chi connectivity index (χ1) is 10.5. The Morgan fingerprint density at radius 3 is 2.50 bits per heavy atom. The van der Waals surface area contributed by atoms with Crippen molar-refractivity contribution in [2.75, 3.05) is 5.32 Å². The highest BCUT2D eigenvalue weighted by Crippen LogP contribution is 2.10. The third-order valence-corrected chi connectivity index (χ3v) is 3.68. The first kappa shape index (κ1) is 14.2. The maximum absolute atomic E-state index is 12.1. The van der Waals surface area contributed by atoms with E-state index in [1.54, 1.807) is 7.05 Å². The second-order valence-electron chi connectivity index (χ2n) is 4.79. The number of rotatable bonds is 1. The van der Waals surface area contributed by atoms with Gasteiger partial charge in [-0.1, -0.05) is 18.2 Å². The molecule has 3 aromatic rings. The Morgan fingerprint density at radius 2 is 1.82 bits per heavy atom. The van der Waals surface area contributed by atoms with Crippen LogP contribution >= 0.6 is 12.2 Å². The first-order valence-electron chi connectivity index (χ1n) is 6.50. The molecule has 0 radical (unpaired) electrons. The van der Waals surface area contributed by atoms with Crippen LogP contribution in [0.3, 0.4) is 0 Å². The standard InChI is InChI=1S/C14H13N5O2S/c1-17-11-10(12(20)18(2)14(17)21)15-8-19(11)13(22)16-9-6-4-3-5-7-9/h3-8H,1-2H3,(H,16,22). The molecular formula is C14H13N5O2S. The van der Waals surface area contributed by atoms with E-state index >= 15 is 0 Å². The Bertz CT molecular complexity index is 984. The van der Waals surface area contributed by atoms with Gasteiger partial charge < -0.3 is 5.32 Å². The summed E-state index contributed by atoms with van der Waals surface area (Å²) in [6.45, 7) is 0. The molecule has 2 heterocycles. The molecule has 3 rings (SSSR count). The summed E-state index contributed by atoms with van der Waals surface area (Å²) in [4.78, 5) is 28.2. The van der Waals surface area contributed by atoms with E-state index in [-0.39, 0.29) is 5.52 Å². The molecule has 0 spiro atoms. The van der Waals surface area contributed by atoms with E-state index in [0.717, 1.165) is 10.3 Å². The quantitative estimate of drug-likeness (QED) is 0.669. The van der Waals surface area contributed by atoms with Crippen molar-refractivity contribution in [3.63, 3.8) is 0 Å². The van der Waals surface area contributed by atoms with E-state index in [0.29, 0.717) is 10.8 Å². The summed E-state index contributed by atoms with van der Waals surface area (Å²) in [7, 11) is 3.00. The van der Waals surface area contributed by atoms with Gasteiger partial charge in [-0.15, -0.1) is 0 Å². The smallest absolute Gasteiger partial charge is 0.332 e. The minimum atomic E-state index is -0.445. The van der Waals surface area contributed by atoms with Gasteiger partial charge in [0.25, 0.3) is 5.56 Å². The molecule has 8 heteroatoms. The van der Waals surface area contributed by atoms with Crippen molar-refractivity contribution in [1.29, 1.82) is 0 Å². The third-order valence-electron chi connectivity index (χ3n) is 3.38. The van der Waals surface area contributed by atoms with Crippen LogP contribution in [0.5, 0.6) is 0 Å². The fourth-order valence-corrected chi connectivity index (χ4v) is 2.48. The van der Waals surface area contributed by atoms with Crippen LogP contribution in [0.2, 0.25) is 0 Å². The number of hydrogen-bond donors (Lipinski definition) is 1. The van der Waals surface area contributed by atoms with Gasteiger partial charge in [-0.3, -0.25) is 18.5 Å². The molecule has 0 fully saturated rings. The highest BCUT2D eigenvalue weighted by molar-refractivity contribution is 7.80. The predicted octanol–water partition coefficient (Wildman–Crippen LogP) is 0.679. The van der Waals surface area contributed by atoms with Crippen molar-refractivity contribution in [1.82, 2.24) is 18.7 Å². The van der Waals surface area contributed by atoms with Gasteiger partial charge in [0.2, 0.25) is 0 Å². The average molecular weight is 315 g/mol. The molecule has 0 unspecified atom stereocenters. The van der Waals surface area contributed by atoms with Gasteiger partial charge in [0.15, 0.2) is 16.3 Å². The number of thiocarbonyl (C=S) groups is 1. The van der Waals surface area contributed by atoms with Crippen LogP contribution in [-0.2, 0) is 14.1 Å². The number of nitrogens with one attached hydrogen (secondary N) is 1. The number of imidazole rings is 1. The molecule has 0 aliphatic rings. The second-order valence-corrected chi connectivity index (χ2v) is 5.18. The van der Waals surface area contributed by atoms with Crippen molar-refractivity contribution in [3.05, 3.63) is 57.5 Å². The van der Waals surface area contributed by atoms with Crippen LogP contribution in [0.25, 0.3) is 11.2 Å². The Labute approximate surface area is 130 Å². The monoisotopic (exact) mass is 315 g/mol. The van der Waals surface area contributed by atoms with Gasteiger partial charge in [0, 0.05) is 19.8 Å². The zero-order valence-electron chi connectivity index (χ0n) is 12.0. The fraction of sp³-hybridized carbons (Fsp3) is 0.143. The minimum Gasteiger partial charge on any atom is -0.332 e. The van der Waals surface area contributed by atoms with Crippen molar-refractivity contribution in [2.24, 2.45) is 14.1 Å². The van der Waals surface area contributed by atoms with Crippen molar-refractivity contribution >= 4 is 34.2 Å². The van der Waals surface area contributed by atoms with Crippen LogP contribution in [0.4, 0.5) is 5.69 Å². The zero-order valence-corrected chi connectivity index (χ0v) is 12.8. The lowest BCUT2D eigenvalue weighted by atomic mass is 10.3. The molecule has 2 aromatic heterocycles. The van der Waals surface area contributed by atoms with Gasteiger partial charge in [-0.2, -0.15) is 0 Å². The van der Waals surface area contributed by atoms with Crippen molar-refractivity contribution < 1.29 is 0 Å². The normalized spacial score (nSPS) is 10.8. The van der Waals surface area contributed by atoms with Crippen molar-refractivity contribution in [2.45, 2.75) is 0 Å². The highest BCUT2D eigenvalue weighted by Gasteiger charge is 2.16. The van der Waals surface area contributed by atoms with Gasteiger partial charge in [0.1, 0.15) is 6.33 Å². The lowest BCUT2D eigenvalue weighted by Crippen LogP contribution is -2.38. The van der Waals surface area contributed by atoms with Gasteiger partial charge >= 0.3 is 5.69 Å². The van der Waals surface area contributed by atoms with Crippen LogP contribution in [-0.4, -0.2) is 23.8 Å². The molecule has 0 bridgehead atoms. The molecule has 0 atom stereocenters. The van der Waals surface area contributed by atoms with Crippen LogP contribution in [0, 0.1) is 0 Å². The fourth-order valence-electron chi connectivity index (χ4n) is 2.23. The van der Waals surface area contributed by atoms with Gasteiger partial charge in [0.05, 0.1) is 0 Å². The van der Waals surface area contributed by atoms with Crippen LogP contribution in [0.1, 0.15) is 0 Å². The van der Waals surface area contributed by atoms with Gasteiger partial charge in [-0.25, -0.2) is 9.78 Å². The molecule has 7 nitrogen and oxygen atoms in total. The molecule has 0 saturated carbocycles. The zero-order chi connectivity index (χ0) is 15.9. The first-order valence-corrected chi connectivity index (χ1v) is 6.91. The topological polar surface area (TPSA) is 73.8 Å². The van der Waals surface area contributed by atoms with E-state index < -0.39 is 11.2 Å². The number of hydrogen-bond acceptors (Lipinski definition) is 4. The maximum Gasteiger partial charge on any atom is 0.332 e. The molecule has 22 heavy (non-hydrogen) atoms. The van der Waals surface area contributed by atoms with E-state index in [2.05, 4.69) is 10.3 Å². The summed E-state index contributed by atoms with van der Waals surface area (Å²) in [6.07, 6.45) is 1.43.